The van der Waals surface area contributed by atoms with Crippen LogP contribution in [0.25, 0.3) is 0 Å². The summed E-state index contributed by atoms with van der Waals surface area (Å²) in [7, 11) is 1.73. The fourth-order valence-electron chi connectivity index (χ4n) is 3.92. The lowest BCUT2D eigenvalue weighted by molar-refractivity contribution is 0.0718. The SMILES string of the molecule is COc1cccc2c1CCC(NC1CCN(CC(F)F)CC1)C2. The van der Waals surface area contributed by atoms with Crippen molar-refractivity contribution in [3.63, 3.8) is 0 Å². The van der Waals surface area contributed by atoms with Crippen LogP contribution >= 0.6 is 0 Å². The van der Waals surface area contributed by atoms with Crippen LogP contribution in [-0.4, -0.2) is 50.2 Å². The van der Waals surface area contributed by atoms with Gasteiger partial charge in [0.15, 0.2) is 0 Å². The molecule has 23 heavy (non-hydrogen) atoms. The monoisotopic (exact) mass is 324 g/mol. The standard InChI is InChI=1S/C18H26F2N2O/c1-23-17-4-2-3-13-11-15(5-6-16(13)17)21-14-7-9-22(10-8-14)12-18(19)20/h2-4,14-15,18,21H,5-12H2,1H3. The number of methoxy groups -OCH3 is 1. The summed E-state index contributed by atoms with van der Waals surface area (Å²) in [5.41, 5.74) is 2.73. The van der Waals surface area contributed by atoms with Crippen molar-refractivity contribution in [2.75, 3.05) is 26.7 Å². The quantitative estimate of drug-likeness (QED) is 0.901. The van der Waals surface area contributed by atoms with E-state index in [0.717, 1.165) is 50.9 Å². The number of halogens is 2. The number of nitrogens with one attached hydrogen (secondary N) is 1. The number of ether oxygens (including phenoxy) is 1. The van der Waals surface area contributed by atoms with Crippen molar-refractivity contribution in [1.29, 1.82) is 0 Å². The van der Waals surface area contributed by atoms with Gasteiger partial charge in [-0.2, -0.15) is 0 Å². The largest absolute Gasteiger partial charge is 0.496 e. The Balaban J connectivity index is 1.51. The Bertz CT molecular complexity index is 516. The summed E-state index contributed by atoms with van der Waals surface area (Å²) in [4.78, 5) is 1.88. The van der Waals surface area contributed by atoms with Gasteiger partial charge in [0.2, 0.25) is 0 Å². The van der Waals surface area contributed by atoms with Crippen molar-refractivity contribution in [1.82, 2.24) is 10.2 Å². The van der Waals surface area contributed by atoms with E-state index in [1.165, 1.54) is 11.1 Å². The maximum Gasteiger partial charge on any atom is 0.251 e. The van der Waals surface area contributed by atoms with Crippen LogP contribution < -0.4 is 10.1 Å². The first-order valence-electron chi connectivity index (χ1n) is 8.57. The summed E-state index contributed by atoms with van der Waals surface area (Å²) in [6, 6.07) is 7.23. The Morgan fingerprint density at radius 1 is 1.22 bits per heavy atom. The number of hydrogen-bond donors (Lipinski definition) is 1. The van der Waals surface area contributed by atoms with Crippen molar-refractivity contribution < 1.29 is 13.5 Å². The average molecular weight is 324 g/mol. The van der Waals surface area contributed by atoms with E-state index in [4.69, 9.17) is 4.74 Å². The Hall–Kier alpha value is -1.20. The van der Waals surface area contributed by atoms with E-state index in [1.807, 2.05) is 11.0 Å². The van der Waals surface area contributed by atoms with Gasteiger partial charge in [0.25, 0.3) is 6.43 Å². The fraction of sp³-hybridized carbons (Fsp3) is 0.667. The van der Waals surface area contributed by atoms with Gasteiger partial charge in [0.05, 0.1) is 13.7 Å². The molecule has 1 aliphatic heterocycles. The third-order valence-electron chi connectivity index (χ3n) is 5.11. The second kappa shape index (κ2) is 7.58. The van der Waals surface area contributed by atoms with Crippen LogP contribution in [0.2, 0.25) is 0 Å². The molecule has 0 saturated carbocycles. The fourth-order valence-corrected chi connectivity index (χ4v) is 3.92. The van der Waals surface area contributed by atoms with E-state index < -0.39 is 6.43 Å². The van der Waals surface area contributed by atoms with Crippen LogP contribution in [-0.2, 0) is 12.8 Å². The van der Waals surface area contributed by atoms with Gasteiger partial charge in [0.1, 0.15) is 5.75 Å². The summed E-state index contributed by atoms with van der Waals surface area (Å²) in [5, 5.41) is 3.76. The Kier molecular flexibility index (Phi) is 5.49. The molecule has 0 spiro atoms. The molecule has 128 valence electrons. The van der Waals surface area contributed by atoms with Gasteiger partial charge in [-0.05, 0) is 62.4 Å². The first-order valence-corrected chi connectivity index (χ1v) is 8.57. The molecule has 0 amide bonds. The first-order chi connectivity index (χ1) is 11.2. The maximum absolute atomic E-state index is 12.4. The first kappa shape index (κ1) is 16.7. The zero-order valence-corrected chi connectivity index (χ0v) is 13.7. The van der Waals surface area contributed by atoms with Gasteiger partial charge in [0, 0.05) is 12.1 Å². The van der Waals surface area contributed by atoms with E-state index in [1.54, 1.807) is 7.11 Å². The van der Waals surface area contributed by atoms with Crippen molar-refractivity contribution in [2.24, 2.45) is 0 Å². The van der Waals surface area contributed by atoms with Gasteiger partial charge in [-0.3, -0.25) is 4.90 Å². The molecule has 3 rings (SSSR count). The highest BCUT2D eigenvalue weighted by Crippen LogP contribution is 2.30. The number of benzene rings is 1. The number of fused-ring (bicyclic) bond motifs is 1. The Morgan fingerprint density at radius 2 is 2.00 bits per heavy atom. The van der Waals surface area contributed by atoms with Crippen molar-refractivity contribution in [3.05, 3.63) is 29.3 Å². The molecule has 1 fully saturated rings. The van der Waals surface area contributed by atoms with Crippen LogP contribution in [0.3, 0.4) is 0 Å². The lowest BCUT2D eigenvalue weighted by Crippen LogP contribution is -2.48. The zero-order chi connectivity index (χ0) is 16.2. The van der Waals surface area contributed by atoms with Crippen LogP contribution in [0.15, 0.2) is 18.2 Å². The normalized spacial score (nSPS) is 23.0. The molecule has 1 aromatic rings. The number of nitrogens with zero attached hydrogens (tertiary/aromatic N) is 1. The molecule has 1 atom stereocenters. The topological polar surface area (TPSA) is 24.5 Å². The average Bonchev–Trinajstić information content (AvgIpc) is 2.55. The van der Waals surface area contributed by atoms with Gasteiger partial charge in [-0.25, -0.2) is 8.78 Å². The van der Waals surface area contributed by atoms with E-state index in [-0.39, 0.29) is 6.54 Å². The molecule has 2 aliphatic rings. The number of piperidine rings is 1. The van der Waals surface area contributed by atoms with Crippen LogP contribution in [0.1, 0.15) is 30.4 Å². The molecule has 0 bridgehead atoms. The van der Waals surface area contributed by atoms with E-state index >= 15 is 0 Å². The Morgan fingerprint density at radius 3 is 2.70 bits per heavy atom. The third kappa shape index (κ3) is 4.21. The summed E-state index contributed by atoms with van der Waals surface area (Å²) in [6.45, 7) is 1.47. The minimum absolute atomic E-state index is 0.0800. The zero-order valence-electron chi connectivity index (χ0n) is 13.7. The van der Waals surface area contributed by atoms with Gasteiger partial charge in [-0.15, -0.1) is 0 Å². The van der Waals surface area contributed by atoms with Gasteiger partial charge >= 0.3 is 0 Å². The summed E-state index contributed by atoms with van der Waals surface area (Å²) in [5.74, 6) is 1.00. The van der Waals surface area contributed by atoms with Crippen LogP contribution in [0, 0.1) is 0 Å². The highest BCUT2D eigenvalue weighted by molar-refractivity contribution is 5.42. The predicted molar refractivity (Wildman–Crippen MR) is 87.4 cm³/mol. The van der Waals surface area contributed by atoms with E-state index in [2.05, 4.69) is 17.4 Å². The van der Waals surface area contributed by atoms with Gasteiger partial charge < -0.3 is 10.1 Å². The Labute approximate surface area is 137 Å². The number of likely N-dealkylation sites (tertiary alicyclic amines) is 1. The lowest BCUT2D eigenvalue weighted by Gasteiger charge is -2.36. The molecule has 0 aromatic heterocycles. The molecule has 3 nitrogen and oxygen atoms in total. The van der Waals surface area contributed by atoms with Crippen LogP contribution in [0.5, 0.6) is 5.75 Å². The molecule has 1 aliphatic carbocycles. The third-order valence-corrected chi connectivity index (χ3v) is 5.11. The van der Waals surface area contributed by atoms with E-state index in [0.29, 0.717) is 12.1 Å². The smallest absolute Gasteiger partial charge is 0.251 e. The summed E-state index contributed by atoms with van der Waals surface area (Å²) >= 11 is 0. The highest BCUT2D eigenvalue weighted by Gasteiger charge is 2.26. The minimum atomic E-state index is -2.22. The molecule has 1 unspecified atom stereocenters. The molecule has 1 saturated heterocycles. The number of alkyl halides is 2. The molecule has 1 N–H and O–H groups in total. The molecule has 5 heteroatoms. The molecular weight excluding hydrogens is 298 g/mol. The summed E-state index contributed by atoms with van der Waals surface area (Å²) < 4.78 is 30.3. The van der Waals surface area contributed by atoms with Crippen molar-refractivity contribution >= 4 is 0 Å². The molecule has 1 heterocycles. The number of hydrogen-bond acceptors (Lipinski definition) is 3. The van der Waals surface area contributed by atoms with Crippen molar-refractivity contribution in [3.8, 4) is 5.75 Å². The van der Waals surface area contributed by atoms with Gasteiger partial charge in [-0.1, -0.05) is 12.1 Å². The lowest BCUT2D eigenvalue weighted by atomic mass is 9.87. The second-order valence-corrected chi connectivity index (χ2v) is 6.67. The molecular formula is C18H26F2N2O. The number of rotatable bonds is 5. The van der Waals surface area contributed by atoms with Crippen molar-refractivity contribution in [2.45, 2.75) is 50.6 Å². The molecule has 0 radical (unpaired) electrons. The minimum Gasteiger partial charge on any atom is -0.496 e. The second-order valence-electron chi connectivity index (χ2n) is 6.67. The predicted octanol–water partition coefficient (Wildman–Crippen LogP) is 2.87. The maximum atomic E-state index is 12.4. The van der Waals surface area contributed by atoms with E-state index in [9.17, 15) is 8.78 Å². The molecule has 1 aromatic carbocycles. The van der Waals surface area contributed by atoms with Crippen LogP contribution in [0.4, 0.5) is 8.78 Å². The highest BCUT2D eigenvalue weighted by atomic mass is 19.3. The summed E-state index contributed by atoms with van der Waals surface area (Å²) in [6.07, 6.45) is 2.90.